The van der Waals surface area contributed by atoms with E-state index in [0.717, 1.165) is 5.56 Å². The first-order valence-electron chi connectivity index (χ1n) is 11.2. The Morgan fingerprint density at radius 2 is 1.44 bits per heavy atom. The zero-order valence-corrected chi connectivity index (χ0v) is 20.4. The Labute approximate surface area is 201 Å². The van der Waals surface area contributed by atoms with Crippen LogP contribution in [0.25, 0.3) is 0 Å². The summed E-state index contributed by atoms with van der Waals surface area (Å²) in [6.07, 6.45) is -0.966. The van der Waals surface area contributed by atoms with Gasteiger partial charge in [-0.3, -0.25) is 0 Å². The predicted octanol–water partition coefficient (Wildman–Crippen LogP) is 4.83. The van der Waals surface area contributed by atoms with Crippen molar-refractivity contribution in [2.45, 2.75) is 59.3 Å². The van der Waals surface area contributed by atoms with Crippen molar-refractivity contribution >= 4 is 18.2 Å². The van der Waals surface area contributed by atoms with E-state index >= 15 is 0 Å². The molecule has 0 unspecified atom stereocenters. The first-order chi connectivity index (χ1) is 16.0. The van der Waals surface area contributed by atoms with E-state index in [-0.39, 0.29) is 13.2 Å². The molecule has 0 aliphatic rings. The molecule has 184 valence electrons. The summed E-state index contributed by atoms with van der Waals surface area (Å²) < 4.78 is 16.1. The monoisotopic (exact) mass is 470 g/mol. The third-order valence-electron chi connectivity index (χ3n) is 4.89. The van der Waals surface area contributed by atoms with E-state index < -0.39 is 35.2 Å². The van der Waals surface area contributed by atoms with Crippen LogP contribution in [0.3, 0.4) is 0 Å². The fourth-order valence-electron chi connectivity index (χ4n) is 3.07. The molecule has 0 saturated heterocycles. The quantitative estimate of drug-likeness (QED) is 0.509. The van der Waals surface area contributed by atoms with Crippen LogP contribution < -0.4 is 15.4 Å². The van der Waals surface area contributed by atoms with Gasteiger partial charge in [0.1, 0.15) is 24.0 Å². The Balaban J connectivity index is 2.06. The first-order valence-corrected chi connectivity index (χ1v) is 11.2. The van der Waals surface area contributed by atoms with Crippen molar-refractivity contribution in [2.75, 3.05) is 6.54 Å². The van der Waals surface area contributed by atoms with Gasteiger partial charge in [-0.2, -0.15) is 0 Å². The predicted molar refractivity (Wildman–Crippen MR) is 128 cm³/mol. The molecule has 0 aliphatic carbocycles. The topological polar surface area (TPSA) is 103 Å². The molecule has 2 rings (SSSR count). The Morgan fingerprint density at radius 1 is 0.853 bits per heavy atom. The average Bonchev–Trinajstić information content (AvgIpc) is 2.76. The van der Waals surface area contributed by atoms with Crippen LogP contribution in [-0.4, -0.2) is 36.3 Å². The van der Waals surface area contributed by atoms with Gasteiger partial charge in [0.25, 0.3) is 0 Å². The molecule has 1 atom stereocenters. The number of rotatable bonds is 9. The zero-order chi connectivity index (χ0) is 25.2. The van der Waals surface area contributed by atoms with Crippen LogP contribution in [0.15, 0.2) is 60.7 Å². The van der Waals surface area contributed by atoms with E-state index in [0.29, 0.717) is 12.2 Å². The van der Waals surface area contributed by atoms with Gasteiger partial charge < -0.3 is 24.8 Å². The Morgan fingerprint density at radius 3 is 2.03 bits per heavy atom. The lowest BCUT2D eigenvalue weighted by Gasteiger charge is -2.33. The van der Waals surface area contributed by atoms with Gasteiger partial charge in [0.2, 0.25) is 0 Å². The number of para-hydroxylation sites is 1. The molecule has 8 nitrogen and oxygen atoms in total. The number of ether oxygens (including phenoxy) is 3. The molecule has 0 bridgehead atoms. The summed E-state index contributed by atoms with van der Waals surface area (Å²) in [5.41, 5.74) is -0.573. The highest BCUT2D eigenvalue weighted by atomic mass is 16.6. The number of esters is 1. The first kappa shape index (κ1) is 26.7. The van der Waals surface area contributed by atoms with Crippen LogP contribution >= 0.6 is 0 Å². The fourth-order valence-corrected chi connectivity index (χ4v) is 3.07. The number of benzene rings is 2. The Kier molecular flexibility index (Phi) is 9.47. The number of nitrogens with one attached hydrogen (secondary N) is 2. The molecule has 8 heteroatoms. The smallest absolute Gasteiger partial charge is 0.413 e. The summed E-state index contributed by atoms with van der Waals surface area (Å²) in [5.74, 6) is -0.253. The van der Waals surface area contributed by atoms with Gasteiger partial charge in [-0.25, -0.2) is 14.4 Å². The van der Waals surface area contributed by atoms with Gasteiger partial charge in [-0.1, -0.05) is 62.4 Å². The lowest BCUT2D eigenvalue weighted by atomic mass is 9.81. The molecule has 0 aromatic heterocycles. The third kappa shape index (κ3) is 9.52. The molecule has 0 aliphatic heterocycles. The molecule has 2 aromatic carbocycles. The fraction of sp³-hybridized carbons (Fsp3) is 0.423. The van der Waals surface area contributed by atoms with Crippen molar-refractivity contribution in [3.05, 3.63) is 66.2 Å². The lowest BCUT2D eigenvalue weighted by Crippen LogP contribution is -2.52. The molecule has 0 fully saturated rings. The maximum absolute atomic E-state index is 13.0. The molecule has 2 N–H and O–H groups in total. The Hall–Kier alpha value is -3.55. The van der Waals surface area contributed by atoms with Crippen LogP contribution in [0.1, 0.15) is 46.6 Å². The van der Waals surface area contributed by atoms with Crippen molar-refractivity contribution in [1.82, 2.24) is 10.6 Å². The van der Waals surface area contributed by atoms with E-state index in [2.05, 4.69) is 10.6 Å². The van der Waals surface area contributed by atoms with E-state index in [1.165, 1.54) is 0 Å². The van der Waals surface area contributed by atoms with Crippen molar-refractivity contribution < 1.29 is 28.6 Å². The van der Waals surface area contributed by atoms with Gasteiger partial charge in [0.15, 0.2) is 0 Å². The minimum absolute atomic E-state index is 0.0673. The van der Waals surface area contributed by atoms with Crippen molar-refractivity contribution in [3.63, 3.8) is 0 Å². The highest BCUT2D eigenvalue weighted by Crippen LogP contribution is 2.27. The van der Waals surface area contributed by atoms with Gasteiger partial charge >= 0.3 is 18.2 Å². The normalized spacial score (nSPS) is 12.3. The summed E-state index contributed by atoms with van der Waals surface area (Å²) >= 11 is 0. The number of hydrogen-bond donors (Lipinski definition) is 2. The summed E-state index contributed by atoms with van der Waals surface area (Å²) in [4.78, 5) is 37.6. The Bertz CT molecular complexity index is 939. The molecule has 0 heterocycles. The maximum atomic E-state index is 13.0. The van der Waals surface area contributed by atoms with Crippen LogP contribution in [0, 0.1) is 5.41 Å². The average molecular weight is 471 g/mol. The summed E-state index contributed by atoms with van der Waals surface area (Å²) in [5, 5.41) is 5.32. The summed E-state index contributed by atoms with van der Waals surface area (Å²) in [6.45, 7) is 9.24. The van der Waals surface area contributed by atoms with E-state index in [1.807, 2.05) is 30.3 Å². The second-order valence-electron chi connectivity index (χ2n) is 9.54. The van der Waals surface area contributed by atoms with E-state index in [1.54, 1.807) is 65.0 Å². The number of carbonyl (C=O) groups excluding carboxylic acids is 3. The number of alkyl carbamates (subject to hydrolysis) is 1. The molecule has 2 amide bonds. The molecular weight excluding hydrogens is 436 g/mol. The van der Waals surface area contributed by atoms with Gasteiger partial charge in [-0.05, 0) is 50.3 Å². The molecule has 34 heavy (non-hydrogen) atoms. The number of hydrogen-bond acceptors (Lipinski definition) is 6. The number of amides is 2. The standard InChI is InChI=1S/C26H34N2O6/c1-25(2,3)34-23(30)27-17-16-26(4,5)21(22(29)32-18-19-12-8-6-9-13-19)28-24(31)33-20-14-10-7-11-15-20/h6-15,21H,16-18H2,1-5H3,(H,27,30)(H,28,31)/t21-/m1/s1. The van der Waals surface area contributed by atoms with Crippen LogP contribution in [0.2, 0.25) is 0 Å². The summed E-state index contributed by atoms with van der Waals surface area (Å²) in [6, 6.07) is 16.8. The zero-order valence-electron chi connectivity index (χ0n) is 20.4. The second-order valence-corrected chi connectivity index (χ2v) is 9.54. The molecule has 0 saturated carbocycles. The highest BCUT2D eigenvalue weighted by Gasteiger charge is 2.38. The van der Waals surface area contributed by atoms with Crippen LogP contribution in [0.4, 0.5) is 9.59 Å². The molecular formula is C26H34N2O6. The second kappa shape index (κ2) is 12.1. The van der Waals surface area contributed by atoms with Crippen molar-refractivity contribution in [1.29, 1.82) is 0 Å². The minimum atomic E-state index is -1.02. The maximum Gasteiger partial charge on any atom is 0.413 e. The minimum Gasteiger partial charge on any atom is -0.459 e. The van der Waals surface area contributed by atoms with Crippen molar-refractivity contribution in [3.8, 4) is 5.75 Å². The van der Waals surface area contributed by atoms with Crippen molar-refractivity contribution in [2.24, 2.45) is 5.41 Å². The van der Waals surface area contributed by atoms with Gasteiger partial charge in [0, 0.05) is 6.54 Å². The molecule has 0 radical (unpaired) electrons. The highest BCUT2D eigenvalue weighted by molar-refractivity contribution is 5.83. The van der Waals surface area contributed by atoms with E-state index in [9.17, 15) is 14.4 Å². The van der Waals surface area contributed by atoms with Crippen LogP contribution in [-0.2, 0) is 20.9 Å². The lowest BCUT2D eigenvalue weighted by molar-refractivity contribution is -0.150. The largest absolute Gasteiger partial charge is 0.459 e. The number of carbonyl (C=O) groups is 3. The van der Waals surface area contributed by atoms with Crippen LogP contribution in [0.5, 0.6) is 5.75 Å². The van der Waals surface area contributed by atoms with Gasteiger partial charge in [-0.15, -0.1) is 0 Å². The summed E-state index contributed by atoms with van der Waals surface area (Å²) in [7, 11) is 0. The van der Waals surface area contributed by atoms with E-state index in [4.69, 9.17) is 14.2 Å². The SMILES string of the molecule is CC(C)(C)OC(=O)NCCC(C)(C)[C@H](NC(=O)Oc1ccccc1)C(=O)OCc1ccccc1. The van der Waals surface area contributed by atoms with Gasteiger partial charge in [0.05, 0.1) is 0 Å². The third-order valence-corrected chi connectivity index (χ3v) is 4.89. The molecule has 0 spiro atoms. The molecule has 2 aromatic rings.